The van der Waals surface area contributed by atoms with E-state index in [1.54, 1.807) is 18.2 Å². The van der Waals surface area contributed by atoms with Crippen LogP contribution in [0.2, 0.25) is 0 Å². The zero-order chi connectivity index (χ0) is 9.19. The molecule has 4 heteroatoms. The zero-order valence-corrected chi connectivity index (χ0v) is 8.60. The summed E-state index contributed by atoms with van der Waals surface area (Å²) in [6.07, 6.45) is 5.42. The van der Waals surface area contributed by atoms with Gasteiger partial charge in [0, 0.05) is 16.8 Å². The highest BCUT2D eigenvalue weighted by Gasteiger charge is 2.36. The standard InChI is InChI=1S/C8H8BrClO2/c9-5-8(7(11)12)3-1-2-6(10)4-8/h1-3H,4-5H2,(H,11,12). The number of hydrogen-bond donors (Lipinski definition) is 1. The fourth-order valence-electron chi connectivity index (χ4n) is 1.05. The van der Waals surface area contributed by atoms with Crippen molar-refractivity contribution in [2.45, 2.75) is 6.42 Å². The molecule has 66 valence electrons. The van der Waals surface area contributed by atoms with E-state index in [0.29, 0.717) is 16.8 Å². The molecule has 1 atom stereocenters. The monoisotopic (exact) mass is 250 g/mol. The Morgan fingerprint density at radius 3 is 2.83 bits per heavy atom. The van der Waals surface area contributed by atoms with Gasteiger partial charge in [-0.15, -0.1) is 0 Å². The number of aliphatic carboxylic acids is 1. The summed E-state index contributed by atoms with van der Waals surface area (Å²) in [5, 5.41) is 9.91. The van der Waals surface area contributed by atoms with Crippen LogP contribution < -0.4 is 0 Å². The first-order valence-electron chi connectivity index (χ1n) is 3.44. The molecule has 1 aliphatic carbocycles. The molecule has 0 aromatic heterocycles. The van der Waals surface area contributed by atoms with E-state index < -0.39 is 11.4 Å². The average Bonchev–Trinajstić information content (AvgIpc) is 2.04. The molecule has 1 N–H and O–H groups in total. The Bertz CT molecular complexity index is 260. The van der Waals surface area contributed by atoms with E-state index >= 15 is 0 Å². The van der Waals surface area contributed by atoms with Crippen molar-refractivity contribution in [1.29, 1.82) is 0 Å². The molecule has 0 aromatic carbocycles. The topological polar surface area (TPSA) is 37.3 Å². The number of carbonyl (C=O) groups is 1. The largest absolute Gasteiger partial charge is 0.481 e. The van der Waals surface area contributed by atoms with Gasteiger partial charge in [-0.25, -0.2) is 0 Å². The zero-order valence-electron chi connectivity index (χ0n) is 6.26. The van der Waals surface area contributed by atoms with E-state index in [1.807, 2.05) is 0 Å². The maximum Gasteiger partial charge on any atom is 0.314 e. The average molecular weight is 252 g/mol. The van der Waals surface area contributed by atoms with Crippen LogP contribution in [0.15, 0.2) is 23.3 Å². The molecule has 0 bridgehead atoms. The van der Waals surface area contributed by atoms with E-state index in [1.165, 1.54) is 0 Å². The molecule has 0 amide bonds. The van der Waals surface area contributed by atoms with Crippen LogP contribution in [0.4, 0.5) is 0 Å². The summed E-state index contributed by atoms with van der Waals surface area (Å²) >= 11 is 8.93. The van der Waals surface area contributed by atoms with Crippen LogP contribution in [0.1, 0.15) is 6.42 Å². The number of alkyl halides is 1. The lowest BCUT2D eigenvalue weighted by molar-refractivity contribution is -0.144. The SMILES string of the molecule is O=C(O)C1(CBr)C=CC=C(Cl)C1. The van der Waals surface area contributed by atoms with E-state index in [9.17, 15) is 4.79 Å². The van der Waals surface area contributed by atoms with Gasteiger partial charge in [-0.1, -0.05) is 39.7 Å². The number of carboxylic acid groups (broad SMARTS) is 1. The fraction of sp³-hybridized carbons (Fsp3) is 0.375. The minimum atomic E-state index is -0.855. The third-order valence-electron chi connectivity index (χ3n) is 1.84. The van der Waals surface area contributed by atoms with Gasteiger partial charge in [0.15, 0.2) is 0 Å². The van der Waals surface area contributed by atoms with Crippen LogP contribution >= 0.6 is 27.5 Å². The van der Waals surface area contributed by atoms with Crippen LogP contribution in [-0.4, -0.2) is 16.4 Å². The van der Waals surface area contributed by atoms with Crippen molar-refractivity contribution in [3.05, 3.63) is 23.3 Å². The van der Waals surface area contributed by atoms with E-state index in [2.05, 4.69) is 15.9 Å². The molecule has 0 heterocycles. The molecule has 0 fully saturated rings. The Labute approximate surface area is 84.0 Å². The summed E-state index contributed by atoms with van der Waals surface area (Å²) in [5.41, 5.74) is -0.855. The third-order valence-corrected chi connectivity index (χ3v) is 3.10. The molecule has 1 aliphatic rings. The molecule has 0 saturated carbocycles. The van der Waals surface area contributed by atoms with Gasteiger partial charge >= 0.3 is 5.97 Å². The van der Waals surface area contributed by atoms with Gasteiger partial charge in [0.1, 0.15) is 5.41 Å². The summed E-state index contributed by atoms with van der Waals surface area (Å²) in [6.45, 7) is 0. The van der Waals surface area contributed by atoms with Crippen LogP contribution in [-0.2, 0) is 4.79 Å². The van der Waals surface area contributed by atoms with Crippen molar-refractivity contribution < 1.29 is 9.90 Å². The quantitative estimate of drug-likeness (QED) is 0.766. The Morgan fingerprint density at radius 2 is 2.50 bits per heavy atom. The fourth-order valence-corrected chi connectivity index (χ4v) is 1.99. The number of allylic oxidation sites excluding steroid dienone is 3. The molecule has 0 aromatic rings. The predicted octanol–water partition coefficient (Wildman–Crippen LogP) is 2.53. The molecular weight excluding hydrogens is 243 g/mol. The Balaban J connectivity index is 2.92. The minimum absolute atomic E-state index is 0.367. The first-order valence-corrected chi connectivity index (χ1v) is 4.94. The van der Waals surface area contributed by atoms with Crippen LogP contribution in [0, 0.1) is 5.41 Å². The van der Waals surface area contributed by atoms with Crippen LogP contribution in [0.5, 0.6) is 0 Å². The highest BCUT2D eigenvalue weighted by atomic mass is 79.9. The molecule has 0 radical (unpaired) electrons. The number of rotatable bonds is 2. The second-order valence-electron chi connectivity index (χ2n) is 2.74. The van der Waals surface area contributed by atoms with E-state index in [-0.39, 0.29) is 0 Å². The van der Waals surface area contributed by atoms with Crippen molar-refractivity contribution >= 4 is 33.5 Å². The highest BCUT2D eigenvalue weighted by Crippen LogP contribution is 2.35. The first kappa shape index (κ1) is 9.81. The summed E-state index contributed by atoms with van der Waals surface area (Å²) in [4.78, 5) is 10.9. The van der Waals surface area contributed by atoms with Gasteiger partial charge in [-0.2, -0.15) is 0 Å². The summed E-state index contributed by atoms with van der Waals surface area (Å²) in [7, 11) is 0. The second kappa shape index (κ2) is 3.62. The summed E-state index contributed by atoms with van der Waals surface area (Å²) in [6, 6.07) is 0. The Kier molecular flexibility index (Phi) is 2.96. The van der Waals surface area contributed by atoms with Gasteiger partial charge in [-0.05, 0) is 6.08 Å². The number of halogens is 2. The lowest BCUT2D eigenvalue weighted by Gasteiger charge is -2.25. The van der Waals surface area contributed by atoms with Crippen molar-refractivity contribution in [2.24, 2.45) is 5.41 Å². The summed E-state index contributed by atoms with van der Waals surface area (Å²) in [5.74, 6) is -0.845. The van der Waals surface area contributed by atoms with Crippen LogP contribution in [0.25, 0.3) is 0 Å². The van der Waals surface area contributed by atoms with E-state index in [0.717, 1.165) is 0 Å². The van der Waals surface area contributed by atoms with Gasteiger partial charge in [0.25, 0.3) is 0 Å². The number of hydrogen-bond acceptors (Lipinski definition) is 1. The molecule has 1 rings (SSSR count). The molecule has 0 spiro atoms. The first-order chi connectivity index (χ1) is 5.60. The molecule has 0 aliphatic heterocycles. The number of carboxylic acids is 1. The van der Waals surface area contributed by atoms with Gasteiger partial charge in [-0.3, -0.25) is 4.79 Å². The van der Waals surface area contributed by atoms with Crippen LogP contribution in [0.3, 0.4) is 0 Å². The maximum absolute atomic E-state index is 10.9. The minimum Gasteiger partial charge on any atom is -0.481 e. The van der Waals surface area contributed by atoms with Gasteiger partial charge in [0.05, 0.1) is 0 Å². The van der Waals surface area contributed by atoms with Crippen molar-refractivity contribution in [3.63, 3.8) is 0 Å². The van der Waals surface area contributed by atoms with Gasteiger partial charge < -0.3 is 5.11 Å². The Morgan fingerprint density at radius 1 is 1.83 bits per heavy atom. The lowest BCUT2D eigenvalue weighted by atomic mass is 9.84. The maximum atomic E-state index is 10.9. The smallest absolute Gasteiger partial charge is 0.314 e. The van der Waals surface area contributed by atoms with Crippen molar-refractivity contribution in [2.75, 3.05) is 5.33 Å². The third kappa shape index (κ3) is 1.72. The normalized spacial score (nSPS) is 28.3. The molecule has 12 heavy (non-hydrogen) atoms. The van der Waals surface area contributed by atoms with Gasteiger partial charge in [0.2, 0.25) is 0 Å². The van der Waals surface area contributed by atoms with Crippen molar-refractivity contribution in [1.82, 2.24) is 0 Å². The summed E-state index contributed by atoms with van der Waals surface area (Å²) < 4.78 is 0. The molecule has 1 unspecified atom stereocenters. The van der Waals surface area contributed by atoms with E-state index in [4.69, 9.17) is 16.7 Å². The van der Waals surface area contributed by atoms with Crippen molar-refractivity contribution in [3.8, 4) is 0 Å². The lowest BCUT2D eigenvalue weighted by Crippen LogP contribution is -2.31. The highest BCUT2D eigenvalue weighted by molar-refractivity contribution is 9.09. The molecule has 2 nitrogen and oxygen atoms in total. The predicted molar refractivity (Wildman–Crippen MR) is 51.6 cm³/mol. The molecule has 0 saturated heterocycles. The Hall–Kier alpha value is -0.280. The molecular formula is C8H8BrClO2. The second-order valence-corrected chi connectivity index (χ2v) is 3.79.